The first kappa shape index (κ1) is 13.5. The van der Waals surface area contributed by atoms with Gasteiger partial charge < -0.3 is 4.90 Å². The molecule has 2 heterocycles. The van der Waals surface area contributed by atoms with E-state index in [1.807, 2.05) is 0 Å². The van der Waals surface area contributed by atoms with E-state index in [1.165, 1.54) is 18.9 Å². The molecule has 0 spiro atoms. The summed E-state index contributed by atoms with van der Waals surface area (Å²) in [6.07, 6.45) is 2.38. The predicted molar refractivity (Wildman–Crippen MR) is 72.7 cm³/mol. The van der Waals surface area contributed by atoms with Gasteiger partial charge >= 0.3 is 0 Å². The summed E-state index contributed by atoms with van der Waals surface area (Å²) in [5.74, 6) is 0. The van der Waals surface area contributed by atoms with E-state index in [4.69, 9.17) is 0 Å². The highest BCUT2D eigenvalue weighted by atomic mass is 32.2. The minimum atomic E-state index is -3.59. The largest absolute Gasteiger partial charge is 0.302 e. The van der Waals surface area contributed by atoms with Gasteiger partial charge in [0.1, 0.15) is 10.4 Å². The van der Waals surface area contributed by atoms with Gasteiger partial charge in [0.25, 0.3) is 0 Å². The van der Waals surface area contributed by atoms with Gasteiger partial charge in [-0.15, -0.1) is 0 Å². The van der Waals surface area contributed by atoms with Crippen LogP contribution in [0.2, 0.25) is 0 Å². The number of benzene rings is 1. The molecule has 1 aromatic carbocycles. The van der Waals surface area contributed by atoms with E-state index in [1.54, 1.807) is 12.1 Å². The number of rotatable bonds is 5. The lowest BCUT2D eigenvalue weighted by Gasteiger charge is -2.14. The average Bonchev–Trinajstić information content (AvgIpc) is 3.08. The summed E-state index contributed by atoms with van der Waals surface area (Å²) in [6.45, 7) is 3.21. The summed E-state index contributed by atoms with van der Waals surface area (Å²) in [4.78, 5) is 2.36. The Morgan fingerprint density at radius 3 is 2.85 bits per heavy atom. The Morgan fingerprint density at radius 2 is 2.05 bits per heavy atom. The Hall–Kier alpha value is -1.51. The first-order chi connectivity index (χ1) is 9.67. The quantitative estimate of drug-likeness (QED) is 0.869. The van der Waals surface area contributed by atoms with Gasteiger partial charge in [-0.2, -0.15) is 0 Å². The SMILES string of the molecule is O=S(=O)(NCCN1CCCC1)c1cccc2nonc12. The Bertz CT molecular complexity index is 692. The number of hydrogen-bond donors (Lipinski definition) is 1. The minimum Gasteiger partial charge on any atom is -0.302 e. The highest BCUT2D eigenvalue weighted by molar-refractivity contribution is 7.89. The van der Waals surface area contributed by atoms with E-state index in [0.29, 0.717) is 12.1 Å². The lowest BCUT2D eigenvalue weighted by Crippen LogP contribution is -2.33. The van der Waals surface area contributed by atoms with Crippen molar-refractivity contribution in [3.63, 3.8) is 0 Å². The van der Waals surface area contributed by atoms with Crippen molar-refractivity contribution in [1.82, 2.24) is 19.9 Å². The van der Waals surface area contributed by atoms with Gasteiger partial charge in [0.2, 0.25) is 10.0 Å². The van der Waals surface area contributed by atoms with Crippen molar-refractivity contribution in [2.45, 2.75) is 17.7 Å². The Balaban J connectivity index is 1.72. The van der Waals surface area contributed by atoms with Crippen molar-refractivity contribution in [2.75, 3.05) is 26.2 Å². The van der Waals surface area contributed by atoms with Gasteiger partial charge in [-0.3, -0.25) is 0 Å². The van der Waals surface area contributed by atoms with Crippen molar-refractivity contribution in [3.8, 4) is 0 Å². The van der Waals surface area contributed by atoms with Crippen LogP contribution in [-0.2, 0) is 10.0 Å². The minimum absolute atomic E-state index is 0.109. The van der Waals surface area contributed by atoms with Crippen molar-refractivity contribution < 1.29 is 13.0 Å². The highest BCUT2D eigenvalue weighted by Crippen LogP contribution is 2.19. The molecule has 0 saturated carbocycles. The molecule has 1 aliphatic heterocycles. The van der Waals surface area contributed by atoms with E-state index < -0.39 is 10.0 Å². The number of sulfonamides is 1. The fraction of sp³-hybridized carbons (Fsp3) is 0.500. The molecule has 20 heavy (non-hydrogen) atoms. The fourth-order valence-electron chi connectivity index (χ4n) is 2.42. The van der Waals surface area contributed by atoms with Crippen LogP contribution in [0.1, 0.15) is 12.8 Å². The van der Waals surface area contributed by atoms with E-state index in [0.717, 1.165) is 19.6 Å². The number of nitrogens with one attached hydrogen (secondary N) is 1. The normalized spacial score (nSPS) is 17.0. The zero-order chi connectivity index (χ0) is 14.0. The van der Waals surface area contributed by atoms with Gasteiger partial charge in [0.05, 0.1) is 0 Å². The molecule has 0 aliphatic carbocycles. The molecule has 0 atom stereocenters. The molecule has 1 N–H and O–H groups in total. The zero-order valence-corrected chi connectivity index (χ0v) is 11.8. The monoisotopic (exact) mass is 296 g/mol. The number of fused-ring (bicyclic) bond motifs is 1. The van der Waals surface area contributed by atoms with E-state index in [9.17, 15) is 8.42 Å². The number of nitrogens with zero attached hydrogens (tertiary/aromatic N) is 3. The van der Waals surface area contributed by atoms with Gasteiger partial charge in [-0.25, -0.2) is 17.8 Å². The molecule has 108 valence electrons. The molecular formula is C12H16N4O3S. The summed E-state index contributed by atoms with van der Waals surface area (Å²) < 4.78 is 31.7. The lowest BCUT2D eigenvalue weighted by atomic mass is 10.3. The van der Waals surface area contributed by atoms with Crippen LogP contribution in [-0.4, -0.2) is 49.8 Å². The standard InChI is InChI=1S/C12H16N4O3S/c17-20(18,13-6-9-16-7-1-2-8-16)11-5-3-4-10-12(11)15-19-14-10/h3-5,13H,1-2,6-9H2. The Labute approximate surface area is 117 Å². The Morgan fingerprint density at radius 1 is 1.25 bits per heavy atom. The van der Waals surface area contributed by atoms with E-state index in [2.05, 4.69) is 24.6 Å². The molecule has 0 unspecified atom stereocenters. The summed E-state index contributed by atoms with van der Waals surface area (Å²) >= 11 is 0. The van der Waals surface area contributed by atoms with Crippen LogP contribution < -0.4 is 4.72 Å². The molecule has 0 bridgehead atoms. The van der Waals surface area contributed by atoms with Gasteiger partial charge in [0, 0.05) is 13.1 Å². The fourth-order valence-corrected chi connectivity index (χ4v) is 3.59. The van der Waals surface area contributed by atoms with Crippen molar-refractivity contribution in [3.05, 3.63) is 18.2 Å². The third-order valence-electron chi connectivity index (χ3n) is 3.46. The summed E-state index contributed by atoms with van der Waals surface area (Å²) in [5.41, 5.74) is 0.702. The van der Waals surface area contributed by atoms with Gasteiger partial charge in [-0.05, 0) is 48.4 Å². The molecule has 1 aliphatic rings. The zero-order valence-electron chi connectivity index (χ0n) is 10.9. The second-order valence-electron chi connectivity index (χ2n) is 4.83. The summed E-state index contributed by atoms with van der Waals surface area (Å²) in [7, 11) is -3.59. The van der Waals surface area contributed by atoms with Gasteiger partial charge in [0.15, 0.2) is 5.52 Å². The predicted octanol–water partition coefficient (Wildman–Crippen LogP) is 0.597. The second kappa shape index (κ2) is 5.47. The maximum Gasteiger partial charge on any atom is 0.242 e. The third kappa shape index (κ3) is 2.67. The van der Waals surface area contributed by atoms with Crippen LogP contribution in [0.5, 0.6) is 0 Å². The molecule has 1 saturated heterocycles. The van der Waals surface area contributed by atoms with E-state index in [-0.39, 0.29) is 10.4 Å². The molecule has 1 fully saturated rings. The van der Waals surface area contributed by atoms with Crippen molar-refractivity contribution in [2.24, 2.45) is 0 Å². The Kier molecular flexibility index (Phi) is 3.68. The molecular weight excluding hydrogens is 280 g/mol. The van der Waals surface area contributed by atoms with Crippen LogP contribution in [0.15, 0.2) is 27.7 Å². The highest BCUT2D eigenvalue weighted by Gasteiger charge is 2.20. The smallest absolute Gasteiger partial charge is 0.242 e. The van der Waals surface area contributed by atoms with Crippen LogP contribution in [0.4, 0.5) is 0 Å². The van der Waals surface area contributed by atoms with Crippen LogP contribution >= 0.6 is 0 Å². The van der Waals surface area contributed by atoms with Crippen molar-refractivity contribution in [1.29, 1.82) is 0 Å². The molecule has 3 rings (SSSR count). The number of aromatic nitrogens is 2. The third-order valence-corrected chi connectivity index (χ3v) is 4.95. The molecule has 7 nitrogen and oxygen atoms in total. The first-order valence-corrected chi connectivity index (χ1v) is 8.08. The molecule has 0 amide bonds. The summed E-state index contributed by atoms with van der Waals surface area (Å²) in [6, 6.07) is 4.79. The molecule has 2 aromatic rings. The lowest BCUT2D eigenvalue weighted by molar-refractivity contribution is 0.315. The van der Waals surface area contributed by atoms with Crippen molar-refractivity contribution >= 4 is 21.1 Å². The van der Waals surface area contributed by atoms with Crippen LogP contribution in [0.3, 0.4) is 0 Å². The average molecular weight is 296 g/mol. The maximum atomic E-state index is 12.3. The maximum absolute atomic E-state index is 12.3. The van der Waals surface area contributed by atoms with Crippen LogP contribution in [0, 0.1) is 0 Å². The first-order valence-electron chi connectivity index (χ1n) is 6.60. The number of likely N-dealkylation sites (tertiary alicyclic amines) is 1. The van der Waals surface area contributed by atoms with E-state index >= 15 is 0 Å². The molecule has 8 heteroatoms. The molecule has 0 radical (unpaired) electrons. The topological polar surface area (TPSA) is 88.3 Å². The second-order valence-corrected chi connectivity index (χ2v) is 6.57. The molecule has 1 aromatic heterocycles. The van der Waals surface area contributed by atoms with Crippen LogP contribution in [0.25, 0.3) is 11.0 Å². The summed E-state index contributed by atoms with van der Waals surface area (Å²) in [5, 5.41) is 7.30. The number of hydrogen-bond acceptors (Lipinski definition) is 6. The van der Waals surface area contributed by atoms with Gasteiger partial charge in [-0.1, -0.05) is 6.07 Å².